The van der Waals surface area contributed by atoms with Crippen molar-refractivity contribution < 1.29 is 24.9 Å². The lowest BCUT2D eigenvalue weighted by atomic mass is 9.85. The largest absolute Gasteiger partial charge is 0.491 e. The van der Waals surface area contributed by atoms with E-state index in [0.717, 1.165) is 44.9 Å². The van der Waals surface area contributed by atoms with Gasteiger partial charge in [0.1, 0.15) is 12.4 Å². The molecule has 0 bridgehead atoms. The molecule has 1 aromatic rings. The van der Waals surface area contributed by atoms with Gasteiger partial charge in [-0.1, -0.05) is 36.9 Å². The first-order valence-corrected chi connectivity index (χ1v) is 12.5. The third-order valence-corrected chi connectivity index (χ3v) is 6.96. The van der Waals surface area contributed by atoms with Gasteiger partial charge in [0.2, 0.25) is 5.91 Å². The van der Waals surface area contributed by atoms with Crippen molar-refractivity contribution in [1.82, 2.24) is 5.32 Å². The number of rotatable bonds is 14. The van der Waals surface area contributed by atoms with Crippen molar-refractivity contribution in [2.75, 3.05) is 6.61 Å². The van der Waals surface area contributed by atoms with Crippen molar-refractivity contribution in [2.24, 2.45) is 11.8 Å². The molecule has 0 saturated heterocycles. The highest BCUT2D eigenvalue weighted by Crippen LogP contribution is 2.39. The first-order chi connectivity index (χ1) is 15.4. The van der Waals surface area contributed by atoms with Gasteiger partial charge in [-0.2, -0.15) is 0 Å². The van der Waals surface area contributed by atoms with Crippen LogP contribution in [0.3, 0.4) is 0 Å². The van der Waals surface area contributed by atoms with E-state index in [9.17, 15) is 20.1 Å². The van der Waals surface area contributed by atoms with E-state index in [2.05, 4.69) is 5.32 Å². The van der Waals surface area contributed by atoms with E-state index in [1.807, 2.05) is 0 Å². The Morgan fingerprint density at radius 3 is 2.53 bits per heavy atom. The van der Waals surface area contributed by atoms with Crippen LogP contribution < -0.4 is 10.1 Å². The monoisotopic (exact) mass is 467 g/mol. The summed E-state index contributed by atoms with van der Waals surface area (Å²) in [6.45, 7) is 0.171. The topological polar surface area (TPSA) is 99.0 Å². The molecule has 1 amide bonds. The van der Waals surface area contributed by atoms with Gasteiger partial charge in [0, 0.05) is 17.5 Å². The molecule has 3 rings (SSSR count). The molecule has 6 nitrogen and oxygen atoms in total. The number of halogens is 1. The summed E-state index contributed by atoms with van der Waals surface area (Å²) in [6.07, 6.45) is 7.55. The van der Waals surface area contributed by atoms with Crippen LogP contribution in [-0.4, -0.2) is 52.2 Å². The van der Waals surface area contributed by atoms with Crippen molar-refractivity contribution in [3.05, 3.63) is 29.3 Å². The van der Waals surface area contributed by atoms with E-state index < -0.39 is 18.3 Å². The maximum Gasteiger partial charge on any atom is 0.220 e. The fourth-order valence-corrected chi connectivity index (χ4v) is 4.92. The Morgan fingerprint density at radius 2 is 1.81 bits per heavy atom. The smallest absolute Gasteiger partial charge is 0.220 e. The maximum absolute atomic E-state index is 11.7. The minimum atomic E-state index is -0.638. The van der Waals surface area contributed by atoms with Crippen molar-refractivity contribution >= 4 is 17.5 Å². The van der Waals surface area contributed by atoms with Gasteiger partial charge in [-0.3, -0.25) is 4.79 Å². The van der Waals surface area contributed by atoms with E-state index in [1.54, 1.807) is 24.3 Å². The maximum atomic E-state index is 11.7. The van der Waals surface area contributed by atoms with E-state index in [-0.39, 0.29) is 24.3 Å². The number of aliphatic hydroxyl groups excluding tert-OH is 3. The fourth-order valence-electron chi connectivity index (χ4n) is 4.74. The predicted molar refractivity (Wildman–Crippen MR) is 125 cm³/mol. The summed E-state index contributed by atoms with van der Waals surface area (Å²) in [6, 6.07) is 7.50. The van der Waals surface area contributed by atoms with Crippen LogP contribution in [0.4, 0.5) is 0 Å². The highest BCUT2D eigenvalue weighted by Gasteiger charge is 2.40. The summed E-state index contributed by atoms with van der Waals surface area (Å²) < 4.78 is 5.61. The molecule has 4 N–H and O–H groups in total. The van der Waals surface area contributed by atoms with E-state index >= 15 is 0 Å². The molecule has 2 fully saturated rings. The van der Waals surface area contributed by atoms with E-state index in [1.165, 1.54) is 0 Å². The number of hydrogen-bond acceptors (Lipinski definition) is 5. The van der Waals surface area contributed by atoms with Gasteiger partial charge in [-0.25, -0.2) is 0 Å². The molecular weight excluding hydrogens is 430 g/mol. The number of ether oxygens (including phenoxy) is 1. The molecule has 0 radical (unpaired) electrons. The second-order valence-corrected chi connectivity index (χ2v) is 9.93. The summed E-state index contributed by atoms with van der Waals surface area (Å²) in [7, 11) is 0. The summed E-state index contributed by atoms with van der Waals surface area (Å²) in [5, 5.41) is 34.8. The Balaban J connectivity index is 1.31. The molecule has 0 aromatic heterocycles. The Kier molecular flexibility index (Phi) is 10.1. The van der Waals surface area contributed by atoms with Crippen molar-refractivity contribution in [3.63, 3.8) is 0 Å². The van der Waals surface area contributed by atoms with Crippen LogP contribution in [0.25, 0.3) is 0 Å². The lowest BCUT2D eigenvalue weighted by Crippen LogP contribution is -2.25. The number of aliphatic hydroxyl groups is 3. The minimum Gasteiger partial charge on any atom is -0.491 e. The van der Waals surface area contributed by atoms with Crippen LogP contribution in [0.5, 0.6) is 5.75 Å². The van der Waals surface area contributed by atoms with Gasteiger partial charge in [0.05, 0.1) is 18.3 Å². The van der Waals surface area contributed by atoms with Crippen LogP contribution in [0.1, 0.15) is 70.6 Å². The van der Waals surface area contributed by atoms with E-state index in [4.69, 9.17) is 16.3 Å². The number of hydrogen-bond donors (Lipinski definition) is 4. The second-order valence-electron chi connectivity index (χ2n) is 9.49. The molecule has 0 heterocycles. The second kappa shape index (κ2) is 12.8. The Bertz CT molecular complexity index is 713. The van der Waals surface area contributed by atoms with Gasteiger partial charge < -0.3 is 25.4 Å². The fraction of sp³-hybridized carbons (Fsp3) is 0.720. The highest BCUT2D eigenvalue weighted by molar-refractivity contribution is 6.30. The molecular formula is C25H38ClNO5. The molecule has 5 atom stereocenters. The van der Waals surface area contributed by atoms with Gasteiger partial charge in [-0.05, 0) is 75.0 Å². The SMILES string of the molecule is O=C(CCCCCC[C@@H]1[C@@H](CC[C@@H](O)COc2cccc(Cl)c2)[C@H](O)C[C@@H]1O)NC1CC1. The quantitative estimate of drug-likeness (QED) is 0.311. The van der Waals surface area contributed by atoms with E-state index in [0.29, 0.717) is 42.5 Å². The average Bonchev–Trinajstić information content (AvgIpc) is 3.52. The number of carbonyl (C=O) groups is 1. The highest BCUT2D eigenvalue weighted by atomic mass is 35.5. The molecule has 0 aliphatic heterocycles. The third kappa shape index (κ3) is 8.54. The molecule has 32 heavy (non-hydrogen) atoms. The summed E-state index contributed by atoms with van der Waals surface area (Å²) in [5.41, 5.74) is 0. The lowest BCUT2D eigenvalue weighted by molar-refractivity contribution is -0.121. The molecule has 2 aliphatic carbocycles. The summed E-state index contributed by atoms with van der Waals surface area (Å²) >= 11 is 5.95. The zero-order chi connectivity index (χ0) is 22.9. The average molecular weight is 468 g/mol. The van der Waals surface area contributed by atoms with Gasteiger partial charge >= 0.3 is 0 Å². The third-order valence-electron chi connectivity index (χ3n) is 6.73. The van der Waals surface area contributed by atoms with Crippen molar-refractivity contribution in [1.29, 1.82) is 0 Å². The van der Waals surface area contributed by atoms with Crippen LogP contribution in [0.15, 0.2) is 24.3 Å². The Labute approximate surface area is 196 Å². The zero-order valence-corrected chi connectivity index (χ0v) is 19.6. The number of carbonyl (C=O) groups excluding carboxylic acids is 1. The first-order valence-electron chi connectivity index (χ1n) is 12.1. The normalized spacial score (nSPS) is 26.1. The Hall–Kier alpha value is -1.34. The number of unbranched alkanes of at least 4 members (excludes halogenated alkanes) is 3. The molecule has 1 aromatic carbocycles. The molecule has 0 unspecified atom stereocenters. The van der Waals surface area contributed by atoms with Crippen LogP contribution >= 0.6 is 11.6 Å². The summed E-state index contributed by atoms with van der Waals surface area (Å²) in [4.78, 5) is 11.7. The molecule has 0 spiro atoms. The predicted octanol–water partition coefficient (Wildman–Crippen LogP) is 3.84. The lowest BCUT2D eigenvalue weighted by Gasteiger charge is -2.24. The summed E-state index contributed by atoms with van der Waals surface area (Å²) in [5.74, 6) is 0.843. The van der Waals surface area contributed by atoms with Gasteiger partial charge in [-0.15, -0.1) is 0 Å². The van der Waals surface area contributed by atoms with Crippen LogP contribution in [0.2, 0.25) is 5.02 Å². The standard InChI is InChI=1S/C25H38ClNO5/c26-17-6-5-7-20(14-17)32-16-19(28)12-13-22-21(23(29)15-24(22)30)8-3-1-2-4-9-25(31)27-18-10-11-18/h5-7,14,18-19,21-24,28-30H,1-4,8-13,15-16H2,(H,27,31)/t19-,21-,22-,23+,24-/m1/s1. The molecule has 2 aliphatic rings. The number of nitrogens with one attached hydrogen (secondary N) is 1. The minimum absolute atomic E-state index is 0.00450. The number of amides is 1. The Morgan fingerprint density at radius 1 is 1.09 bits per heavy atom. The van der Waals surface area contributed by atoms with Crippen LogP contribution in [-0.2, 0) is 4.79 Å². The van der Waals surface area contributed by atoms with Gasteiger partial charge in [0.25, 0.3) is 0 Å². The number of benzene rings is 1. The zero-order valence-electron chi connectivity index (χ0n) is 18.8. The molecule has 2 saturated carbocycles. The van der Waals surface area contributed by atoms with Crippen molar-refractivity contribution in [2.45, 2.75) is 95.0 Å². The molecule has 7 heteroatoms. The van der Waals surface area contributed by atoms with Crippen molar-refractivity contribution in [3.8, 4) is 5.75 Å². The molecule has 180 valence electrons. The van der Waals surface area contributed by atoms with Gasteiger partial charge in [0.15, 0.2) is 0 Å². The van der Waals surface area contributed by atoms with Crippen LogP contribution in [0, 0.1) is 11.8 Å². The first kappa shape index (κ1) is 25.3.